The van der Waals surface area contributed by atoms with Gasteiger partial charge in [0.2, 0.25) is 5.91 Å². The summed E-state index contributed by atoms with van der Waals surface area (Å²) in [6, 6.07) is 5.76. The molecule has 0 radical (unpaired) electrons. The van der Waals surface area contributed by atoms with Crippen LogP contribution in [0, 0.1) is 0 Å². The van der Waals surface area contributed by atoms with E-state index >= 15 is 0 Å². The molecule has 0 saturated carbocycles. The van der Waals surface area contributed by atoms with E-state index in [1.807, 2.05) is 24.4 Å². The van der Waals surface area contributed by atoms with Crippen LogP contribution in [0.4, 0.5) is 0 Å². The Kier molecular flexibility index (Phi) is 4.43. The van der Waals surface area contributed by atoms with E-state index in [-0.39, 0.29) is 12.0 Å². The summed E-state index contributed by atoms with van der Waals surface area (Å²) >= 11 is 6.03. The van der Waals surface area contributed by atoms with Crippen molar-refractivity contribution >= 4 is 28.4 Å². The van der Waals surface area contributed by atoms with Crippen LogP contribution in [-0.4, -0.2) is 43.2 Å². The molecule has 5 nitrogen and oxygen atoms in total. The smallest absolute Gasteiger partial charge is 0.250 e. The number of rotatable bonds is 4. The summed E-state index contributed by atoms with van der Waals surface area (Å²) in [6.07, 6.45) is 2.34. The van der Waals surface area contributed by atoms with Crippen LogP contribution in [0.15, 0.2) is 24.4 Å². The molecule has 112 valence electrons. The Morgan fingerprint density at radius 3 is 3.19 bits per heavy atom. The Balaban J connectivity index is 1.56. The van der Waals surface area contributed by atoms with Gasteiger partial charge in [-0.2, -0.15) is 0 Å². The number of carbonyl (C=O) groups is 1. The molecule has 0 aliphatic carbocycles. The van der Waals surface area contributed by atoms with Gasteiger partial charge in [0.15, 0.2) is 0 Å². The highest BCUT2D eigenvalue weighted by molar-refractivity contribution is 6.31. The quantitative estimate of drug-likeness (QED) is 0.801. The lowest BCUT2D eigenvalue weighted by Gasteiger charge is -2.22. The van der Waals surface area contributed by atoms with E-state index in [0.717, 1.165) is 29.4 Å². The average Bonchev–Trinajstić information content (AvgIpc) is 2.90. The van der Waals surface area contributed by atoms with E-state index in [0.29, 0.717) is 24.7 Å². The van der Waals surface area contributed by atoms with Gasteiger partial charge in [0.25, 0.3) is 0 Å². The van der Waals surface area contributed by atoms with Crippen LogP contribution in [0.25, 0.3) is 10.9 Å². The average molecular weight is 308 g/mol. The van der Waals surface area contributed by atoms with Gasteiger partial charge in [0.1, 0.15) is 6.10 Å². The lowest BCUT2D eigenvalue weighted by atomic mass is 10.1. The van der Waals surface area contributed by atoms with Gasteiger partial charge in [-0.25, -0.2) is 0 Å². The van der Waals surface area contributed by atoms with Crippen molar-refractivity contribution in [1.29, 1.82) is 0 Å². The topological polar surface area (TPSA) is 66.2 Å². The first-order chi connectivity index (χ1) is 10.2. The number of hydrogen-bond donors (Lipinski definition) is 3. The number of amides is 1. The van der Waals surface area contributed by atoms with Gasteiger partial charge in [-0.05, 0) is 30.2 Å². The number of halogens is 1. The number of aromatic amines is 1. The highest BCUT2D eigenvalue weighted by atomic mass is 35.5. The number of aromatic nitrogens is 1. The van der Waals surface area contributed by atoms with Crippen molar-refractivity contribution in [3.8, 4) is 0 Å². The summed E-state index contributed by atoms with van der Waals surface area (Å²) in [7, 11) is 0. The normalized spacial score (nSPS) is 18.8. The predicted octanol–water partition coefficient (Wildman–Crippen LogP) is 1.47. The van der Waals surface area contributed by atoms with Gasteiger partial charge in [-0.15, -0.1) is 0 Å². The molecule has 1 aliphatic rings. The largest absolute Gasteiger partial charge is 0.366 e. The lowest BCUT2D eigenvalue weighted by Crippen LogP contribution is -2.48. The van der Waals surface area contributed by atoms with Crippen LogP contribution in [0.1, 0.15) is 5.56 Å². The number of H-pyrrole nitrogens is 1. The summed E-state index contributed by atoms with van der Waals surface area (Å²) in [5.74, 6) is -0.0555. The fourth-order valence-corrected chi connectivity index (χ4v) is 2.70. The number of morpholine rings is 1. The first-order valence-electron chi connectivity index (χ1n) is 7.09. The fourth-order valence-electron chi connectivity index (χ4n) is 2.53. The van der Waals surface area contributed by atoms with Gasteiger partial charge < -0.3 is 20.4 Å². The van der Waals surface area contributed by atoms with Gasteiger partial charge in [-0.1, -0.05) is 11.6 Å². The van der Waals surface area contributed by atoms with E-state index < -0.39 is 0 Å². The standard InChI is InChI=1S/C15H18ClN3O2/c16-11-1-2-13-12(7-11)10(8-19-13)3-4-18-15(20)14-9-17-5-6-21-14/h1-2,7-8,14,17,19H,3-6,9H2,(H,18,20). The third kappa shape index (κ3) is 3.37. The van der Waals surface area contributed by atoms with Crippen LogP contribution < -0.4 is 10.6 Å². The van der Waals surface area contributed by atoms with E-state index in [2.05, 4.69) is 15.6 Å². The molecule has 1 unspecified atom stereocenters. The Morgan fingerprint density at radius 2 is 2.38 bits per heavy atom. The van der Waals surface area contributed by atoms with Crippen molar-refractivity contribution in [2.45, 2.75) is 12.5 Å². The zero-order chi connectivity index (χ0) is 14.7. The molecule has 1 aromatic heterocycles. The van der Waals surface area contributed by atoms with Gasteiger partial charge in [0.05, 0.1) is 6.61 Å². The maximum atomic E-state index is 11.9. The molecular weight excluding hydrogens is 290 g/mol. The van der Waals surface area contributed by atoms with E-state index in [1.54, 1.807) is 0 Å². The second-order valence-electron chi connectivity index (χ2n) is 5.11. The minimum absolute atomic E-state index is 0.0555. The van der Waals surface area contributed by atoms with Gasteiger partial charge in [-0.3, -0.25) is 4.79 Å². The number of carbonyl (C=O) groups excluding carboxylic acids is 1. The molecule has 1 aromatic carbocycles. The Morgan fingerprint density at radius 1 is 1.48 bits per heavy atom. The molecule has 2 heterocycles. The molecule has 0 bridgehead atoms. The minimum atomic E-state index is -0.379. The molecule has 1 amide bonds. The number of fused-ring (bicyclic) bond motifs is 1. The van der Waals surface area contributed by atoms with E-state index in [4.69, 9.17) is 16.3 Å². The maximum Gasteiger partial charge on any atom is 0.250 e. The molecule has 1 saturated heterocycles. The summed E-state index contributed by atoms with van der Waals surface area (Å²) in [5.41, 5.74) is 2.20. The predicted molar refractivity (Wildman–Crippen MR) is 82.6 cm³/mol. The van der Waals surface area contributed by atoms with Crippen molar-refractivity contribution in [3.05, 3.63) is 35.0 Å². The SMILES string of the molecule is O=C(NCCc1c[nH]c2ccc(Cl)cc12)C1CNCCO1. The van der Waals surface area contributed by atoms with Crippen LogP contribution >= 0.6 is 11.6 Å². The number of nitrogens with one attached hydrogen (secondary N) is 3. The van der Waals surface area contributed by atoms with Crippen LogP contribution in [0.5, 0.6) is 0 Å². The molecule has 1 atom stereocenters. The van der Waals surface area contributed by atoms with Crippen LogP contribution in [-0.2, 0) is 16.0 Å². The highest BCUT2D eigenvalue weighted by Gasteiger charge is 2.21. The Bertz CT molecular complexity index is 635. The summed E-state index contributed by atoms with van der Waals surface area (Å²) in [4.78, 5) is 15.2. The summed E-state index contributed by atoms with van der Waals surface area (Å²) in [5, 5.41) is 7.88. The first kappa shape index (κ1) is 14.4. The highest BCUT2D eigenvalue weighted by Crippen LogP contribution is 2.22. The second-order valence-corrected chi connectivity index (χ2v) is 5.54. The van der Waals surface area contributed by atoms with E-state index in [9.17, 15) is 4.79 Å². The third-order valence-corrected chi connectivity index (χ3v) is 3.88. The molecule has 1 fully saturated rings. The zero-order valence-corrected chi connectivity index (χ0v) is 12.4. The van der Waals surface area contributed by atoms with Crippen molar-refractivity contribution < 1.29 is 9.53 Å². The number of benzene rings is 1. The molecule has 21 heavy (non-hydrogen) atoms. The second kappa shape index (κ2) is 6.47. The lowest BCUT2D eigenvalue weighted by molar-refractivity contribution is -0.134. The summed E-state index contributed by atoms with van der Waals surface area (Å²) in [6.45, 7) is 2.55. The Labute approximate surface area is 128 Å². The van der Waals surface area contributed by atoms with Crippen molar-refractivity contribution in [1.82, 2.24) is 15.6 Å². The van der Waals surface area contributed by atoms with Gasteiger partial charge in [0, 0.05) is 41.8 Å². The van der Waals surface area contributed by atoms with Crippen molar-refractivity contribution in [2.24, 2.45) is 0 Å². The minimum Gasteiger partial charge on any atom is -0.366 e. The molecule has 6 heteroatoms. The molecule has 2 aromatic rings. The molecule has 0 spiro atoms. The molecule has 3 rings (SSSR count). The first-order valence-corrected chi connectivity index (χ1v) is 7.47. The fraction of sp³-hybridized carbons (Fsp3) is 0.400. The molecule has 1 aliphatic heterocycles. The van der Waals surface area contributed by atoms with Crippen molar-refractivity contribution in [2.75, 3.05) is 26.2 Å². The van der Waals surface area contributed by atoms with Crippen molar-refractivity contribution in [3.63, 3.8) is 0 Å². The third-order valence-electron chi connectivity index (χ3n) is 3.64. The Hall–Kier alpha value is -1.56. The molecule has 3 N–H and O–H groups in total. The van der Waals surface area contributed by atoms with Crippen LogP contribution in [0.2, 0.25) is 5.02 Å². The monoisotopic (exact) mass is 307 g/mol. The number of ether oxygens (including phenoxy) is 1. The van der Waals surface area contributed by atoms with Gasteiger partial charge >= 0.3 is 0 Å². The van der Waals surface area contributed by atoms with E-state index in [1.165, 1.54) is 0 Å². The zero-order valence-electron chi connectivity index (χ0n) is 11.6. The van der Waals surface area contributed by atoms with Crippen LogP contribution in [0.3, 0.4) is 0 Å². The maximum absolute atomic E-state index is 11.9. The number of hydrogen-bond acceptors (Lipinski definition) is 3. The molecular formula is C15H18ClN3O2. The summed E-state index contributed by atoms with van der Waals surface area (Å²) < 4.78 is 5.42.